The Labute approximate surface area is 173 Å². The van der Waals surface area contributed by atoms with E-state index in [0.29, 0.717) is 18.3 Å². The molecule has 1 fully saturated rings. The largest absolute Gasteiger partial charge is 0.489 e. The number of aromatic nitrogens is 3. The van der Waals surface area contributed by atoms with Crippen LogP contribution in [0.5, 0.6) is 5.75 Å². The minimum atomic E-state index is -0.152. The van der Waals surface area contributed by atoms with Crippen molar-refractivity contribution in [3.63, 3.8) is 0 Å². The zero-order valence-electron chi connectivity index (χ0n) is 16.2. The second-order valence-electron chi connectivity index (χ2n) is 7.43. The molecule has 2 heterocycles. The maximum Gasteiger partial charge on any atom is 0.238 e. The second kappa shape index (κ2) is 7.55. The van der Waals surface area contributed by atoms with E-state index in [1.165, 1.54) is 24.6 Å². The molecular weight excluding hydrogens is 384 g/mol. The van der Waals surface area contributed by atoms with Crippen LogP contribution in [0.4, 0.5) is 5.69 Å². The summed E-state index contributed by atoms with van der Waals surface area (Å²) in [6.07, 6.45) is 2.36. The minimum absolute atomic E-state index is 0.0376. The first kappa shape index (κ1) is 18.2. The molecule has 0 radical (unpaired) electrons. The van der Waals surface area contributed by atoms with Gasteiger partial charge < -0.3 is 9.30 Å². The summed E-state index contributed by atoms with van der Waals surface area (Å²) in [4.78, 5) is 15.2. The quantitative estimate of drug-likeness (QED) is 0.601. The lowest BCUT2D eigenvalue weighted by atomic mass is 10.0. The summed E-state index contributed by atoms with van der Waals surface area (Å²) in [6.45, 7) is 0.438. The van der Waals surface area contributed by atoms with Crippen LogP contribution < -0.4 is 9.64 Å². The molecule has 2 aliphatic rings. The van der Waals surface area contributed by atoms with Crippen LogP contribution >= 0.6 is 11.8 Å². The van der Waals surface area contributed by atoms with Gasteiger partial charge in [0.05, 0.1) is 17.5 Å². The topological polar surface area (TPSA) is 60.2 Å². The van der Waals surface area contributed by atoms with E-state index < -0.39 is 0 Å². The molecule has 0 bridgehead atoms. The molecule has 1 unspecified atom stereocenters. The van der Waals surface area contributed by atoms with E-state index in [2.05, 4.69) is 10.2 Å². The van der Waals surface area contributed by atoms with Gasteiger partial charge in [0, 0.05) is 13.0 Å². The second-order valence-corrected chi connectivity index (χ2v) is 8.37. The average Bonchev–Trinajstić information content (AvgIpc) is 3.54. The molecule has 7 heteroatoms. The minimum Gasteiger partial charge on any atom is -0.489 e. The van der Waals surface area contributed by atoms with Crippen molar-refractivity contribution in [3.8, 4) is 5.75 Å². The number of fused-ring (bicyclic) bond motifs is 1. The highest BCUT2D eigenvalue weighted by molar-refractivity contribution is 7.99. The third-order valence-electron chi connectivity index (χ3n) is 5.42. The van der Waals surface area contributed by atoms with Gasteiger partial charge in [0.1, 0.15) is 18.2 Å². The highest BCUT2D eigenvalue weighted by Crippen LogP contribution is 2.41. The zero-order chi connectivity index (χ0) is 19.8. The summed E-state index contributed by atoms with van der Waals surface area (Å²) in [7, 11) is 1.98. The smallest absolute Gasteiger partial charge is 0.238 e. The van der Waals surface area contributed by atoms with Crippen LogP contribution in [-0.2, 0) is 11.8 Å². The lowest BCUT2D eigenvalue weighted by Gasteiger charge is -2.37. The van der Waals surface area contributed by atoms with Gasteiger partial charge in [-0.15, -0.1) is 10.2 Å². The van der Waals surface area contributed by atoms with E-state index in [0.717, 1.165) is 28.0 Å². The zero-order valence-corrected chi connectivity index (χ0v) is 17.0. The first-order valence-corrected chi connectivity index (χ1v) is 10.8. The fourth-order valence-corrected chi connectivity index (χ4v) is 4.54. The van der Waals surface area contributed by atoms with Crippen molar-refractivity contribution < 1.29 is 9.53 Å². The Kier molecular flexibility index (Phi) is 4.75. The molecule has 5 rings (SSSR count). The standard InChI is InChI=1S/C22H22N4O2S/c1-25-21(16-11-12-16)23-24-22(25)29-14-20(27)26-17-9-5-6-10-19(17)28-13-18(26)15-7-3-2-4-8-15/h2-10,16,18H,11-14H2,1H3. The predicted octanol–water partition coefficient (Wildman–Crippen LogP) is 3.95. The Morgan fingerprint density at radius 2 is 1.86 bits per heavy atom. The Balaban J connectivity index is 1.40. The predicted molar refractivity (Wildman–Crippen MR) is 112 cm³/mol. The first-order chi connectivity index (χ1) is 14.2. The number of carbonyl (C=O) groups is 1. The summed E-state index contributed by atoms with van der Waals surface area (Å²) in [5.74, 6) is 2.64. The maximum absolute atomic E-state index is 13.4. The molecule has 1 saturated carbocycles. The average molecular weight is 407 g/mol. The SMILES string of the molecule is Cn1c(SCC(=O)N2c3ccccc3OCC2c2ccccc2)nnc1C1CC1. The number of hydrogen-bond acceptors (Lipinski definition) is 5. The van der Waals surface area contributed by atoms with Gasteiger partial charge in [-0.25, -0.2) is 0 Å². The van der Waals surface area contributed by atoms with Gasteiger partial charge in [-0.2, -0.15) is 0 Å². The molecule has 0 saturated heterocycles. The van der Waals surface area contributed by atoms with Crippen LogP contribution in [0, 0.1) is 0 Å². The first-order valence-electron chi connectivity index (χ1n) is 9.83. The van der Waals surface area contributed by atoms with E-state index in [4.69, 9.17) is 4.74 Å². The summed E-state index contributed by atoms with van der Waals surface area (Å²) in [6, 6.07) is 17.6. The summed E-state index contributed by atoms with van der Waals surface area (Å²) >= 11 is 1.44. The third-order valence-corrected chi connectivity index (χ3v) is 6.43. The third kappa shape index (κ3) is 3.51. The normalized spacial score (nSPS) is 18.2. The van der Waals surface area contributed by atoms with Gasteiger partial charge in [0.25, 0.3) is 0 Å². The molecule has 1 aliphatic carbocycles. The van der Waals surface area contributed by atoms with E-state index >= 15 is 0 Å². The summed E-state index contributed by atoms with van der Waals surface area (Å²) in [5.41, 5.74) is 1.88. The molecular formula is C22H22N4O2S. The van der Waals surface area contributed by atoms with E-state index in [-0.39, 0.29) is 11.9 Å². The molecule has 0 spiro atoms. The van der Waals surface area contributed by atoms with Gasteiger partial charge in [0.15, 0.2) is 5.16 Å². The van der Waals surface area contributed by atoms with Crippen LogP contribution in [0.3, 0.4) is 0 Å². The van der Waals surface area contributed by atoms with E-state index in [9.17, 15) is 4.79 Å². The van der Waals surface area contributed by atoms with E-state index in [1.807, 2.05) is 71.1 Å². The van der Waals surface area contributed by atoms with Gasteiger partial charge in [-0.3, -0.25) is 9.69 Å². The molecule has 1 aromatic heterocycles. The molecule has 2 aromatic carbocycles. The number of amides is 1. The molecule has 0 N–H and O–H groups in total. The number of para-hydroxylation sites is 2. The van der Waals surface area contributed by atoms with Crippen molar-refractivity contribution >= 4 is 23.4 Å². The van der Waals surface area contributed by atoms with Gasteiger partial charge >= 0.3 is 0 Å². The number of rotatable bonds is 5. The number of hydrogen-bond donors (Lipinski definition) is 0. The number of thioether (sulfide) groups is 1. The fourth-order valence-electron chi connectivity index (χ4n) is 3.76. The van der Waals surface area contributed by atoms with Crippen molar-refractivity contribution in [2.24, 2.45) is 7.05 Å². The molecule has 6 nitrogen and oxygen atoms in total. The number of ether oxygens (including phenoxy) is 1. The van der Waals surface area contributed by atoms with Crippen molar-refractivity contribution in [1.82, 2.24) is 14.8 Å². The van der Waals surface area contributed by atoms with Crippen LogP contribution in [0.15, 0.2) is 59.8 Å². The Morgan fingerprint density at radius 1 is 1.10 bits per heavy atom. The lowest BCUT2D eigenvalue weighted by Crippen LogP contribution is -2.42. The van der Waals surface area contributed by atoms with Gasteiger partial charge in [0.2, 0.25) is 5.91 Å². The van der Waals surface area contributed by atoms with Gasteiger partial charge in [-0.05, 0) is 30.5 Å². The van der Waals surface area contributed by atoms with Crippen molar-refractivity contribution in [2.75, 3.05) is 17.3 Å². The lowest BCUT2D eigenvalue weighted by molar-refractivity contribution is -0.117. The highest BCUT2D eigenvalue weighted by atomic mass is 32.2. The number of nitrogens with zero attached hydrogens (tertiary/aromatic N) is 4. The molecule has 1 atom stereocenters. The van der Waals surface area contributed by atoms with Crippen molar-refractivity contribution in [3.05, 3.63) is 66.0 Å². The maximum atomic E-state index is 13.4. The Morgan fingerprint density at radius 3 is 2.66 bits per heavy atom. The fraction of sp³-hybridized carbons (Fsp3) is 0.318. The van der Waals surface area contributed by atoms with Gasteiger partial charge in [-0.1, -0.05) is 54.2 Å². The molecule has 29 heavy (non-hydrogen) atoms. The van der Waals surface area contributed by atoms with E-state index in [1.54, 1.807) is 0 Å². The van der Waals surface area contributed by atoms with Crippen molar-refractivity contribution in [2.45, 2.75) is 30.0 Å². The number of benzene rings is 2. The Hall–Kier alpha value is -2.80. The van der Waals surface area contributed by atoms with Crippen LogP contribution in [-0.4, -0.2) is 33.0 Å². The van der Waals surface area contributed by atoms with Crippen molar-refractivity contribution in [1.29, 1.82) is 0 Å². The molecule has 3 aromatic rings. The molecule has 1 aliphatic heterocycles. The number of carbonyl (C=O) groups excluding carboxylic acids is 1. The van der Waals surface area contributed by atoms with Crippen LogP contribution in [0.1, 0.15) is 36.2 Å². The molecule has 148 valence electrons. The number of anilines is 1. The summed E-state index contributed by atoms with van der Waals surface area (Å²) < 4.78 is 7.99. The van der Waals surface area contributed by atoms with Crippen LogP contribution in [0.25, 0.3) is 0 Å². The highest BCUT2D eigenvalue weighted by Gasteiger charge is 2.34. The molecule has 1 amide bonds. The monoisotopic (exact) mass is 406 g/mol. The van der Waals surface area contributed by atoms with Crippen LogP contribution in [0.2, 0.25) is 0 Å². The Bertz CT molecular complexity index is 1030. The summed E-state index contributed by atoms with van der Waals surface area (Å²) in [5, 5.41) is 9.40.